The highest BCUT2D eigenvalue weighted by Gasteiger charge is 2.36. The van der Waals surface area contributed by atoms with E-state index in [2.05, 4.69) is 0 Å². The average Bonchev–Trinajstić information content (AvgIpc) is 2.13. The molecular weight excluding hydrogens is 166 g/mol. The molecule has 2 atom stereocenters. The van der Waals surface area contributed by atoms with Crippen molar-refractivity contribution in [2.45, 2.75) is 18.6 Å². The minimum atomic E-state index is -0.964. The molecule has 0 radical (unpaired) electrons. The first-order valence-corrected chi connectivity index (χ1v) is 4.31. The van der Waals surface area contributed by atoms with Crippen molar-refractivity contribution in [1.29, 1.82) is 0 Å². The first-order chi connectivity index (χ1) is 6.11. The fourth-order valence-corrected chi connectivity index (χ4v) is 1.52. The van der Waals surface area contributed by atoms with Gasteiger partial charge in [0.2, 0.25) is 0 Å². The van der Waals surface area contributed by atoms with Crippen molar-refractivity contribution < 1.29 is 9.84 Å². The maximum absolute atomic E-state index is 9.84. The number of hydrogen-bond acceptors (Lipinski definition) is 3. The summed E-state index contributed by atoms with van der Waals surface area (Å²) in [5, 5.41) is 9.84. The van der Waals surface area contributed by atoms with Crippen LogP contribution in [0.4, 0.5) is 0 Å². The maximum atomic E-state index is 9.84. The zero-order valence-electron chi connectivity index (χ0n) is 7.53. The van der Waals surface area contributed by atoms with Gasteiger partial charge in [-0.3, -0.25) is 0 Å². The Hall–Kier alpha value is -1.06. The Balaban J connectivity index is 2.45. The number of nitrogens with two attached hydrogens (primary N) is 1. The lowest BCUT2D eigenvalue weighted by Gasteiger charge is -2.35. The fourth-order valence-electron chi connectivity index (χ4n) is 1.52. The van der Waals surface area contributed by atoms with Gasteiger partial charge < -0.3 is 15.6 Å². The van der Waals surface area contributed by atoms with E-state index in [1.54, 1.807) is 6.92 Å². The van der Waals surface area contributed by atoms with E-state index < -0.39 is 5.60 Å². The van der Waals surface area contributed by atoms with Gasteiger partial charge in [0.1, 0.15) is 18.0 Å². The molecular formula is C10H13NO2. The lowest BCUT2D eigenvalue weighted by molar-refractivity contribution is -0.0248. The van der Waals surface area contributed by atoms with Crippen molar-refractivity contribution in [2.24, 2.45) is 5.73 Å². The molecule has 0 bridgehead atoms. The normalized spacial score (nSPS) is 32.1. The van der Waals surface area contributed by atoms with Crippen LogP contribution in [-0.4, -0.2) is 17.3 Å². The molecule has 3 nitrogen and oxygen atoms in total. The zero-order chi connectivity index (χ0) is 9.47. The molecule has 0 aromatic heterocycles. The van der Waals surface area contributed by atoms with Crippen LogP contribution in [0.25, 0.3) is 0 Å². The van der Waals surface area contributed by atoms with Crippen molar-refractivity contribution >= 4 is 0 Å². The Labute approximate surface area is 77.1 Å². The lowest BCUT2D eigenvalue weighted by atomic mass is 9.89. The number of benzene rings is 1. The minimum Gasteiger partial charge on any atom is -0.490 e. The predicted octanol–water partition coefficient (Wildman–Crippen LogP) is 0.830. The van der Waals surface area contributed by atoms with Gasteiger partial charge >= 0.3 is 0 Å². The second-order valence-corrected chi connectivity index (χ2v) is 3.66. The van der Waals surface area contributed by atoms with Crippen LogP contribution in [0.2, 0.25) is 0 Å². The molecule has 0 spiro atoms. The van der Waals surface area contributed by atoms with Gasteiger partial charge in [-0.15, -0.1) is 0 Å². The van der Waals surface area contributed by atoms with Gasteiger partial charge in [0, 0.05) is 5.56 Å². The Morgan fingerprint density at radius 1 is 1.54 bits per heavy atom. The summed E-state index contributed by atoms with van der Waals surface area (Å²) in [6.45, 7) is 1.94. The molecule has 0 amide bonds. The number of ether oxygens (including phenoxy) is 1. The molecule has 0 saturated heterocycles. The second-order valence-electron chi connectivity index (χ2n) is 3.66. The Kier molecular flexibility index (Phi) is 1.78. The van der Waals surface area contributed by atoms with Crippen molar-refractivity contribution in [1.82, 2.24) is 0 Å². The van der Waals surface area contributed by atoms with Gasteiger partial charge in [0.05, 0.1) is 6.04 Å². The van der Waals surface area contributed by atoms with E-state index in [1.165, 1.54) is 0 Å². The molecule has 3 N–H and O–H groups in total. The quantitative estimate of drug-likeness (QED) is 0.620. The Morgan fingerprint density at radius 2 is 2.23 bits per heavy atom. The topological polar surface area (TPSA) is 55.5 Å². The summed E-state index contributed by atoms with van der Waals surface area (Å²) in [5.41, 5.74) is 5.80. The third kappa shape index (κ3) is 1.30. The van der Waals surface area contributed by atoms with Crippen LogP contribution in [0.1, 0.15) is 18.5 Å². The van der Waals surface area contributed by atoms with Crippen LogP contribution >= 0.6 is 0 Å². The molecule has 0 aliphatic carbocycles. The number of para-hydroxylation sites is 1. The summed E-state index contributed by atoms with van der Waals surface area (Å²) in [6.07, 6.45) is 0. The molecule has 3 heteroatoms. The molecule has 1 aromatic rings. The van der Waals surface area contributed by atoms with Crippen molar-refractivity contribution in [3.8, 4) is 5.75 Å². The Morgan fingerprint density at radius 3 is 3.00 bits per heavy atom. The summed E-state index contributed by atoms with van der Waals surface area (Å²) < 4.78 is 5.38. The summed E-state index contributed by atoms with van der Waals surface area (Å²) in [6, 6.07) is 7.17. The first-order valence-electron chi connectivity index (χ1n) is 4.31. The number of aliphatic hydroxyl groups is 1. The summed E-state index contributed by atoms with van der Waals surface area (Å²) in [5.74, 6) is 0.779. The largest absolute Gasteiger partial charge is 0.490 e. The van der Waals surface area contributed by atoms with Gasteiger partial charge in [-0.25, -0.2) is 0 Å². The van der Waals surface area contributed by atoms with Crippen LogP contribution < -0.4 is 10.5 Å². The minimum absolute atomic E-state index is 0.255. The van der Waals surface area contributed by atoms with Gasteiger partial charge in [0.25, 0.3) is 0 Å². The standard InChI is InChI=1S/C10H13NO2/c1-10(12)6-13-8-5-3-2-4-7(8)9(10)11/h2-5,9,12H,6,11H2,1H3/t9-,10-/m1/s1. The highest BCUT2D eigenvalue weighted by atomic mass is 16.5. The lowest BCUT2D eigenvalue weighted by Crippen LogP contribution is -2.46. The van der Waals surface area contributed by atoms with E-state index in [0.717, 1.165) is 11.3 Å². The SMILES string of the molecule is C[C@@]1(O)COc2ccccc2[C@H]1N. The second kappa shape index (κ2) is 2.72. The Bertz CT molecular complexity index is 322. The summed E-state index contributed by atoms with van der Waals surface area (Å²) in [7, 11) is 0. The predicted molar refractivity (Wildman–Crippen MR) is 49.5 cm³/mol. The van der Waals surface area contributed by atoms with Crippen LogP contribution in [0.3, 0.4) is 0 Å². The monoisotopic (exact) mass is 179 g/mol. The van der Waals surface area contributed by atoms with Gasteiger partial charge in [-0.2, -0.15) is 0 Å². The smallest absolute Gasteiger partial charge is 0.124 e. The maximum Gasteiger partial charge on any atom is 0.124 e. The van der Waals surface area contributed by atoms with E-state index in [-0.39, 0.29) is 12.6 Å². The van der Waals surface area contributed by atoms with E-state index in [4.69, 9.17) is 10.5 Å². The van der Waals surface area contributed by atoms with E-state index in [1.807, 2.05) is 24.3 Å². The fraction of sp³-hybridized carbons (Fsp3) is 0.400. The van der Waals surface area contributed by atoms with Crippen LogP contribution in [-0.2, 0) is 0 Å². The third-order valence-electron chi connectivity index (χ3n) is 2.44. The van der Waals surface area contributed by atoms with Crippen molar-refractivity contribution in [3.63, 3.8) is 0 Å². The molecule has 1 heterocycles. The van der Waals surface area contributed by atoms with E-state index in [0.29, 0.717) is 0 Å². The number of fused-ring (bicyclic) bond motifs is 1. The third-order valence-corrected chi connectivity index (χ3v) is 2.44. The molecule has 2 rings (SSSR count). The van der Waals surface area contributed by atoms with E-state index >= 15 is 0 Å². The van der Waals surface area contributed by atoms with Crippen molar-refractivity contribution in [3.05, 3.63) is 29.8 Å². The summed E-state index contributed by atoms with van der Waals surface area (Å²) in [4.78, 5) is 0. The number of hydrogen-bond donors (Lipinski definition) is 2. The highest BCUT2D eigenvalue weighted by Crippen LogP contribution is 2.35. The average molecular weight is 179 g/mol. The number of rotatable bonds is 0. The highest BCUT2D eigenvalue weighted by molar-refractivity contribution is 5.39. The van der Waals surface area contributed by atoms with Gasteiger partial charge in [-0.1, -0.05) is 18.2 Å². The molecule has 0 fully saturated rings. The first kappa shape index (κ1) is 8.53. The molecule has 0 saturated carbocycles. The molecule has 1 aromatic carbocycles. The summed E-state index contributed by atoms with van der Waals surface area (Å²) >= 11 is 0. The van der Waals surface area contributed by atoms with Crippen molar-refractivity contribution in [2.75, 3.05) is 6.61 Å². The molecule has 1 aliphatic heterocycles. The van der Waals surface area contributed by atoms with Crippen LogP contribution in [0.5, 0.6) is 5.75 Å². The zero-order valence-corrected chi connectivity index (χ0v) is 7.53. The molecule has 70 valence electrons. The van der Waals surface area contributed by atoms with Gasteiger partial charge in [0.15, 0.2) is 0 Å². The van der Waals surface area contributed by atoms with Crippen LogP contribution in [0, 0.1) is 0 Å². The molecule has 0 unspecified atom stereocenters. The van der Waals surface area contributed by atoms with Gasteiger partial charge in [-0.05, 0) is 13.0 Å². The van der Waals surface area contributed by atoms with Crippen LogP contribution in [0.15, 0.2) is 24.3 Å². The molecule has 13 heavy (non-hydrogen) atoms. The molecule has 1 aliphatic rings. The van der Waals surface area contributed by atoms with E-state index in [9.17, 15) is 5.11 Å².